The number of nitrogen functional groups attached to an aromatic ring is 1. The Balaban J connectivity index is 2.34. The molecular weight excluding hydrogens is 419 g/mol. The Bertz CT molecular complexity index is 623. The van der Waals surface area contributed by atoms with E-state index in [9.17, 15) is 4.79 Å². The van der Waals surface area contributed by atoms with Crippen LogP contribution in [0.25, 0.3) is 0 Å². The molecule has 2 aromatic rings. The van der Waals surface area contributed by atoms with Gasteiger partial charge in [0.15, 0.2) is 0 Å². The monoisotopic (exact) mass is 430 g/mol. The first-order valence-electron chi connectivity index (χ1n) is 5.60. The van der Waals surface area contributed by atoms with E-state index in [1.165, 1.54) is 0 Å². The van der Waals surface area contributed by atoms with Crippen molar-refractivity contribution in [3.8, 4) is 0 Å². The van der Waals surface area contributed by atoms with Crippen molar-refractivity contribution in [3.05, 3.63) is 55.6 Å². The number of hydrogen-bond donors (Lipinski definition) is 2. The summed E-state index contributed by atoms with van der Waals surface area (Å²) in [5.74, 6) is -0.175. The number of nitrogens with two attached hydrogens (primary N) is 1. The SMILES string of the molecule is Cc1cccc(N)c1NC(=O)c1cc(I)ccc1Br. The highest BCUT2D eigenvalue weighted by molar-refractivity contribution is 14.1. The van der Waals surface area contributed by atoms with Crippen LogP contribution in [0.1, 0.15) is 15.9 Å². The number of benzene rings is 2. The van der Waals surface area contributed by atoms with Gasteiger partial charge in [-0.25, -0.2) is 0 Å². The first kappa shape index (κ1) is 14.3. The van der Waals surface area contributed by atoms with E-state index < -0.39 is 0 Å². The van der Waals surface area contributed by atoms with Crippen molar-refractivity contribution in [1.82, 2.24) is 0 Å². The molecule has 1 amide bonds. The highest BCUT2D eigenvalue weighted by Crippen LogP contribution is 2.25. The van der Waals surface area contributed by atoms with Gasteiger partial charge in [0, 0.05) is 8.04 Å². The van der Waals surface area contributed by atoms with Gasteiger partial charge in [0.2, 0.25) is 0 Å². The standard InChI is InChI=1S/C14H12BrIN2O/c1-8-3-2-4-12(17)13(8)18-14(19)10-7-9(16)5-6-11(10)15/h2-7H,17H2,1H3,(H,18,19). The average molecular weight is 431 g/mol. The van der Waals surface area contributed by atoms with E-state index in [-0.39, 0.29) is 5.91 Å². The molecule has 3 nitrogen and oxygen atoms in total. The van der Waals surface area contributed by atoms with Gasteiger partial charge >= 0.3 is 0 Å². The van der Waals surface area contributed by atoms with Crippen LogP contribution >= 0.6 is 38.5 Å². The molecule has 0 spiro atoms. The van der Waals surface area contributed by atoms with E-state index in [0.29, 0.717) is 16.9 Å². The largest absolute Gasteiger partial charge is 0.397 e. The molecule has 0 aromatic heterocycles. The normalized spacial score (nSPS) is 10.3. The summed E-state index contributed by atoms with van der Waals surface area (Å²) >= 11 is 5.56. The molecule has 2 aromatic carbocycles. The van der Waals surface area contributed by atoms with Crippen molar-refractivity contribution in [3.63, 3.8) is 0 Å². The number of nitrogens with one attached hydrogen (secondary N) is 1. The molecule has 0 fully saturated rings. The zero-order chi connectivity index (χ0) is 14.0. The number of rotatable bonds is 2. The van der Waals surface area contributed by atoms with Crippen molar-refractivity contribution < 1.29 is 4.79 Å². The Morgan fingerprint density at radius 2 is 2.05 bits per heavy atom. The molecule has 5 heteroatoms. The van der Waals surface area contributed by atoms with Crippen molar-refractivity contribution in [2.24, 2.45) is 0 Å². The molecule has 3 N–H and O–H groups in total. The molecule has 0 unspecified atom stereocenters. The maximum atomic E-state index is 12.3. The van der Waals surface area contributed by atoms with Gasteiger partial charge in [-0.1, -0.05) is 12.1 Å². The van der Waals surface area contributed by atoms with E-state index in [1.54, 1.807) is 6.07 Å². The van der Waals surface area contributed by atoms with Crippen LogP contribution in [0.3, 0.4) is 0 Å². The quantitative estimate of drug-likeness (QED) is 0.554. The van der Waals surface area contributed by atoms with Crippen LogP contribution in [0, 0.1) is 10.5 Å². The number of carbonyl (C=O) groups excluding carboxylic acids is 1. The molecule has 19 heavy (non-hydrogen) atoms. The maximum absolute atomic E-state index is 12.3. The molecule has 0 bridgehead atoms. The van der Waals surface area contributed by atoms with Crippen molar-refractivity contribution in [2.45, 2.75) is 6.92 Å². The van der Waals surface area contributed by atoms with Gasteiger partial charge in [0.25, 0.3) is 5.91 Å². The molecule has 0 saturated carbocycles. The molecule has 0 saturated heterocycles. The third-order valence-electron chi connectivity index (χ3n) is 2.72. The molecule has 0 heterocycles. The molecule has 0 aliphatic heterocycles. The minimum absolute atomic E-state index is 0.175. The Labute approximate surface area is 133 Å². The Morgan fingerprint density at radius 1 is 1.32 bits per heavy atom. The van der Waals surface area contributed by atoms with Crippen LogP contribution in [-0.4, -0.2) is 5.91 Å². The smallest absolute Gasteiger partial charge is 0.256 e. The molecule has 0 aliphatic rings. The lowest BCUT2D eigenvalue weighted by Gasteiger charge is -2.12. The third kappa shape index (κ3) is 3.27. The third-order valence-corrected chi connectivity index (χ3v) is 4.08. The maximum Gasteiger partial charge on any atom is 0.256 e. The van der Waals surface area contributed by atoms with Crippen LogP contribution in [0.5, 0.6) is 0 Å². The van der Waals surface area contributed by atoms with E-state index in [0.717, 1.165) is 13.6 Å². The van der Waals surface area contributed by atoms with Crippen molar-refractivity contribution in [1.29, 1.82) is 0 Å². The predicted molar refractivity (Wildman–Crippen MR) is 90.4 cm³/mol. The van der Waals surface area contributed by atoms with Gasteiger partial charge in [-0.3, -0.25) is 4.79 Å². The minimum Gasteiger partial charge on any atom is -0.397 e. The summed E-state index contributed by atoms with van der Waals surface area (Å²) in [6.07, 6.45) is 0. The zero-order valence-corrected chi connectivity index (χ0v) is 13.9. The fraction of sp³-hybridized carbons (Fsp3) is 0.0714. The number of hydrogen-bond acceptors (Lipinski definition) is 2. The summed E-state index contributed by atoms with van der Waals surface area (Å²) in [4.78, 5) is 12.3. The predicted octanol–water partition coefficient (Wildman–Crippen LogP) is 4.20. The van der Waals surface area contributed by atoms with Crippen molar-refractivity contribution in [2.75, 3.05) is 11.1 Å². The molecular formula is C14H12BrIN2O. The summed E-state index contributed by atoms with van der Waals surface area (Å²) < 4.78 is 1.77. The summed E-state index contributed by atoms with van der Waals surface area (Å²) in [5.41, 5.74) is 8.65. The Kier molecular flexibility index (Phi) is 4.46. The van der Waals surface area contributed by atoms with Gasteiger partial charge < -0.3 is 11.1 Å². The number of anilines is 2. The Morgan fingerprint density at radius 3 is 2.74 bits per heavy atom. The number of halogens is 2. The first-order valence-corrected chi connectivity index (χ1v) is 7.47. The van der Waals surface area contributed by atoms with Crippen LogP contribution < -0.4 is 11.1 Å². The molecule has 2 rings (SSSR count). The van der Waals surface area contributed by atoms with Gasteiger partial charge in [0.05, 0.1) is 16.9 Å². The second kappa shape index (κ2) is 5.92. The van der Waals surface area contributed by atoms with Crippen molar-refractivity contribution >= 4 is 55.8 Å². The lowest BCUT2D eigenvalue weighted by molar-refractivity contribution is 0.102. The van der Waals surface area contributed by atoms with Crippen LogP contribution in [0.2, 0.25) is 0 Å². The highest BCUT2D eigenvalue weighted by atomic mass is 127. The first-order chi connectivity index (χ1) is 8.99. The average Bonchev–Trinajstić information content (AvgIpc) is 2.37. The second-order valence-electron chi connectivity index (χ2n) is 4.12. The van der Waals surface area contributed by atoms with Gasteiger partial charge in [0.1, 0.15) is 0 Å². The summed E-state index contributed by atoms with van der Waals surface area (Å²) in [5, 5.41) is 2.87. The van der Waals surface area contributed by atoms with Crippen LogP contribution in [0.15, 0.2) is 40.9 Å². The van der Waals surface area contributed by atoms with E-state index >= 15 is 0 Å². The second-order valence-corrected chi connectivity index (χ2v) is 6.22. The lowest BCUT2D eigenvalue weighted by Crippen LogP contribution is -2.15. The minimum atomic E-state index is -0.175. The van der Waals surface area contributed by atoms with E-state index in [2.05, 4.69) is 43.8 Å². The molecule has 98 valence electrons. The number of amides is 1. The summed E-state index contributed by atoms with van der Waals surface area (Å²) in [7, 11) is 0. The van der Waals surface area contributed by atoms with E-state index in [1.807, 2.05) is 37.3 Å². The fourth-order valence-electron chi connectivity index (χ4n) is 1.71. The molecule has 0 aliphatic carbocycles. The summed E-state index contributed by atoms with van der Waals surface area (Å²) in [6.45, 7) is 1.91. The van der Waals surface area contributed by atoms with Gasteiger partial charge in [-0.05, 0) is 75.3 Å². The Hall–Kier alpha value is -1.08. The van der Waals surface area contributed by atoms with E-state index in [4.69, 9.17) is 5.73 Å². The van der Waals surface area contributed by atoms with Gasteiger partial charge in [-0.2, -0.15) is 0 Å². The topological polar surface area (TPSA) is 55.1 Å². The fourth-order valence-corrected chi connectivity index (χ4v) is 2.63. The van der Waals surface area contributed by atoms with Crippen LogP contribution in [0.4, 0.5) is 11.4 Å². The molecule has 0 atom stereocenters. The molecule has 0 radical (unpaired) electrons. The van der Waals surface area contributed by atoms with Crippen LogP contribution in [-0.2, 0) is 0 Å². The number of aryl methyl sites for hydroxylation is 1. The summed E-state index contributed by atoms with van der Waals surface area (Å²) in [6, 6.07) is 11.2. The highest BCUT2D eigenvalue weighted by Gasteiger charge is 2.13. The van der Waals surface area contributed by atoms with Gasteiger partial charge in [-0.15, -0.1) is 0 Å². The lowest BCUT2D eigenvalue weighted by atomic mass is 10.1. The zero-order valence-electron chi connectivity index (χ0n) is 10.2. The number of carbonyl (C=O) groups is 1. The number of para-hydroxylation sites is 1.